The summed E-state index contributed by atoms with van der Waals surface area (Å²) in [7, 11) is 0. The fraction of sp³-hybridized carbons (Fsp3) is 0.0500. The second kappa shape index (κ2) is 6.68. The topological polar surface area (TPSA) is 64.7 Å². The lowest BCUT2D eigenvalue weighted by atomic mass is 10.2. The molecule has 0 aliphatic heterocycles. The number of benzene rings is 1. The number of pyridine rings is 1. The lowest BCUT2D eigenvalue weighted by molar-refractivity contribution is 0.102. The maximum atomic E-state index is 12.8. The zero-order valence-electron chi connectivity index (χ0n) is 14.2. The molecule has 0 spiro atoms. The second-order valence-electron chi connectivity index (χ2n) is 5.91. The molecule has 0 saturated carbocycles. The Morgan fingerprint density at radius 3 is 2.38 bits per heavy atom. The van der Waals surface area contributed by atoms with Crippen LogP contribution in [0.1, 0.15) is 15.9 Å². The predicted molar refractivity (Wildman–Crippen MR) is 99.8 cm³/mol. The van der Waals surface area contributed by atoms with Crippen molar-refractivity contribution in [3.05, 3.63) is 90.6 Å². The van der Waals surface area contributed by atoms with Gasteiger partial charge in [-0.1, -0.05) is 17.7 Å². The summed E-state index contributed by atoms with van der Waals surface area (Å²) in [6, 6.07) is 15.3. The van der Waals surface area contributed by atoms with Crippen LogP contribution < -0.4 is 5.32 Å². The van der Waals surface area contributed by atoms with Crippen molar-refractivity contribution in [3.8, 4) is 11.5 Å². The Morgan fingerprint density at radius 1 is 1.00 bits per heavy atom. The molecule has 0 unspecified atom stereocenters. The van der Waals surface area contributed by atoms with Gasteiger partial charge in [-0.15, -0.1) is 0 Å². The van der Waals surface area contributed by atoms with Gasteiger partial charge in [0.2, 0.25) is 0 Å². The molecule has 0 atom stereocenters. The zero-order chi connectivity index (χ0) is 17.9. The summed E-state index contributed by atoms with van der Waals surface area (Å²) in [4.78, 5) is 16.8. The first-order chi connectivity index (χ1) is 12.7. The van der Waals surface area contributed by atoms with Gasteiger partial charge in [0.1, 0.15) is 5.56 Å². The number of carbonyl (C=O) groups is 1. The Bertz CT molecular complexity index is 1020. The third-order valence-electron chi connectivity index (χ3n) is 4.05. The lowest BCUT2D eigenvalue weighted by Crippen LogP contribution is -2.15. The number of aryl methyl sites for hydroxylation is 1. The molecule has 4 rings (SSSR count). The van der Waals surface area contributed by atoms with Crippen LogP contribution in [0.15, 0.2) is 79.5 Å². The van der Waals surface area contributed by atoms with Crippen LogP contribution in [-0.2, 0) is 0 Å². The van der Waals surface area contributed by atoms with Crippen molar-refractivity contribution < 1.29 is 4.79 Å². The molecule has 1 amide bonds. The number of carbonyl (C=O) groups excluding carboxylic acids is 1. The summed E-state index contributed by atoms with van der Waals surface area (Å²) < 4.78 is 3.65. The van der Waals surface area contributed by atoms with E-state index in [0.717, 1.165) is 5.69 Å². The highest BCUT2D eigenvalue weighted by atomic mass is 16.1. The van der Waals surface area contributed by atoms with Crippen molar-refractivity contribution >= 4 is 11.6 Å². The third kappa shape index (κ3) is 3.00. The first kappa shape index (κ1) is 15.8. The number of hydrogen-bond acceptors (Lipinski definition) is 3. The molecule has 0 bridgehead atoms. The summed E-state index contributed by atoms with van der Waals surface area (Å²) in [5, 5.41) is 7.35. The second-order valence-corrected chi connectivity index (χ2v) is 5.91. The summed E-state index contributed by atoms with van der Waals surface area (Å²) in [5.41, 5.74) is 3.23. The Kier molecular flexibility index (Phi) is 4.07. The molecule has 3 heterocycles. The molecule has 6 nitrogen and oxygen atoms in total. The summed E-state index contributed by atoms with van der Waals surface area (Å²) in [5.74, 6) is 0.462. The smallest absolute Gasteiger partial charge is 0.261 e. The Labute approximate surface area is 150 Å². The summed E-state index contributed by atoms with van der Waals surface area (Å²) >= 11 is 0. The molecular formula is C20H17N5O. The largest absolute Gasteiger partial charge is 0.322 e. The lowest BCUT2D eigenvalue weighted by Gasteiger charge is -2.11. The van der Waals surface area contributed by atoms with Crippen LogP contribution >= 0.6 is 0 Å². The van der Waals surface area contributed by atoms with Crippen LogP contribution in [-0.4, -0.2) is 25.2 Å². The fourth-order valence-electron chi connectivity index (χ4n) is 2.73. The average molecular weight is 343 g/mol. The number of rotatable bonds is 4. The van der Waals surface area contributed by atoms with Gasteiger partial charge in [-0.2, -0.15) is 5.10 Å². The molecule has 0 aliphatic carbocycles. The van der Waals surface area contributed by atoms with E-state index in [1.165, 1.54) is 5.56 Å². The molecular weight excluding hydrogens is 326 g/mol. The van der Waals surface area contributed by atoms with E-state index >= 15 is 0 Å². The first-order valence-electron chi connectivity index (χ1n) is 8.22. The fourth-order valence-corrected chi connectivity index (χ4v) is 2.73. The normalized spacial score (nSPS) is 10.7. The molecule has 0 radical (unpaired) electrons. The predicted octanol–water partition coefficient (Wildman–Crippen LogP) is 3.62. The van der Waals surface area contributed by atoms with Crippen molar-refractivity contribution in [2.75, 3.05) is 5.32 Å². The van der Waals surface area contributed by atoms with Gasteiger partial charge in [0, 0.05) is 30.5 Å². The number of anilines is 1. The molecule has 6 heteroatoms. The van der Waals surface area contributed by atoms with Gasteiger partial charge in [0.15, 0.2) is 5.82 Å². The minimum Gasteiger partial charge on any atom is -0.322 e. The minimum absolute atomic E-state index is 0.224. The van der Waals surface area contributed by atoms with Crippen LogP contribution in [0.25, 0.3) is 11.5 Å². The highest BCUT2D eigenvalue weighted by Crippen LogP contribution is 2.21. The molecule has 0 fully saturated rings. The maximum absolute atomic E-state index is 12.8. The zero-order valence-corrected chi connectivity index (χ0v) is 14.2. The van der Waals surface area contributed by atoms with Gasteiger partial charge >= 0.3 is 0 Å². The molecule has 26 heavy (non-hydrogen) atoms. The van der Waals surface area contributed by atoms with E-state index in [1.807, 2.05) is 60.3 Å². The molecule has 0 aliphatic rings. The van der Waals surface area contributed by atoms with E-state index in [9.17, 15) is 4.79 Å². The van der Waals surface area contributed by atoms with Crippen LogP contribution in [0.4, 0.5) is 5.69 Å². The Balaban J connectivity index is 1.78. The van der Waals surface area contributed by atoms with Gasteiger partial charge in [-0.05, 0) is 43.3 Å². The first-order valence-corrected chi connectivity index (χ1v) is 8.22. The Hall–Kier alpha value is -3.67. The van der Waals surface area contributed by atoms with Crippen LogP contribution in [0.3, 0.4) is 0 Å². The summed E-state index contributed by atoms with van der Waals surface area (Å²) in [6.07, 6.45) is 8.65. The number of hydrogen-bond donors (Lipinski definition) is 1. The highest BCUT2D eigenvalue weighted by molar-refractivity contribution is 6.06. The van der Waals surface area contributed by atoms with Gasteiger partial charge < -0.3 is 9.88 Å². The Morgan fingerprint density at radius 2 is 1.69 bits per heavy atom. The summed E-state index contributed by atoms with van der Waals surface area (Å²) in [6.45, 7) is 2.04. The molecule has 1 aromatic carbocycles. The number of nitrogens with one attached hydrogen (secondary N) is 1. The van der Waals surface area contributed by atoms with E-state index in [4.69, 9.17) is 0 Å². The third-order valence-corrected chi connectivity index (χ3v) is 4.05. The molecule has 4 aromatic rings. The highest BCUT2D eigenvalue weighted by Gasteiger charge is 2.20. The monoisotopic (exact) mass is 343 g/mol. The quantitative estimate of drug-likeness (QED) is 0.615. The SMILES string of the molecule is Cc1ccc(-n2ncc(C(=O)Nc3ccncc3)c2-n2cccc2)cc1. The van der Waals surface area contributed by atoms with Gasteiger partial charge in [-0.3, -0.25) is 9.78 Å². The van der Waals surface area contributed by atoms with E-state index in [-0.39, 0.29) is 5.91 Å². The standard InChI is InChI=1S/C20H17N5O/c1-15-4-6-17(7-5-15)25-20(24-12-2-3-13-24)18(14-22-25)19(26)23-16-8-10-21-11-9-16/h2-14H,1H3,(H,21,23,26). The number of aromatic nitrogens is 4. The van der Waals surface area contributed by atoms with Crippen LogP contribution in [0.5, 0.6) is 0 Å². The van der Waals surface area contributed by atoms with E-state index in [0.29, 0.717) is 17.1 Å². The minimum atomic E-state index is -0.224. The molecule has 0 saturated heterocycles. The van der Waals surface area contributed by atoms with E-state index in [2.05, 4.69) is 15.4 Å². The van der Waals surface area contributed by atoms with Crippen molar-refractivity contribution in [1.29, 1.82) is 0 Å². The van der Waals surface area contributed by atoms with E-state index in [1.54, 1.807) is 35.4 Å². The van der Waals surface area contributed by atoms with Crippen molar-refractivity contribution in [2.45, 2.75) is 6.92 Å². The van der Waals surface area contributed by atoms with E-state index < -0.39 is 0 Å². The van der Waals surface area contributed by atoms with Crippen molar-refractivity contribution in [3.63, 3.8) is 0 Å². The van der Waals surface area contributed by atoms with Gasteiger partial charge in [0.25, 0.3) is 5.91 Å². The molecule has 3 aromatic heterocycles. The van der Waals surface area contributed by atoms with Crippen LogP contribution in [0.2, 0.25) is 0 Å². The number of amides is 1. The number of nitrogens with zero attached hydrogens (tertiary/aromatic N) is 4. The van der Waals surface area contributed by atoms with Gasteiger partial charge in [0.05, 0.1) is 11.9 Å². The van der Waals surface area contributed by atoms with Gasteiger partial charge in [-0.25, -0.2) is 4.68 Å². The van der Waals surface area contributed by atoms with Crippen molar-refractivity contribution in [2.24, 2.45) is 0 Å². The van der Waals surface area contributed by atoms with Crippen molar-refractivity contribution in [1.82, 2.24) is 19.3 Å². The maximum Gasteiger partial charge on any atom is 0.261 e. The molecule has 128 valence electrons. The van der Waals surface area contributed by atoms with Crippen LogP contribution in [0, 0.1) is 6.92 Å². The average Bonchev–Trinajstić information content (AvgIpc) is 3.32. The molecule has 1 N–H and O–H groups in total.